The van der Waals surface area contributed by atoms with Crippen LogP contribution < -0.4 is 4.90 Å². The summed E-state index contributed by atoms with van der Waals surface area (Å²) in [7, 11) is -3.75. The maximum absolute atomic E-state index is 14.0. The second-order valence-corrected chi connectivity index (χ2v) is 12.1. The predicted molar refractivity (Wildman–Crippen MR) is 154 cm³/mol. The standard InChI is InChI=1S/C29H28ClN5O4S/c30-21-4-3-5-22(18-21)33-10-12-34(13-11-33)29(36)25-20-28(27-6-1-2-9-31-27)32-26-8-7-23(19-24(25)26)40(37,38)35-14-16-39-17-15-35/h1-9,18-20H,10-17H2. The van der Waals surface area contributed by atoms with Crippen LogP contribution in [0.1, 0.15) is 10.4 Å². The van der Waals surface area contributed by atoms with Gasteiger partial charge in [-0.25, -0.2) is 13.4 Å². The Morgan fingerprint density at radius 2 is 1.65 bits per heavy atom. The van der Waals surface area contributed by atoms with Crippen LogP contribution in [0.4, 0.5) is 5.69 Å². The number of pyridine rings is 2. The molecule has 9 nitrogen and oxygen atoms in total. The van der Waals surface area contributed by atoms with Crippen LogP contribution in [0.25, 0.3) is 22.3 Å². The summed E-state index contributed by atoms with van der Waals surface area (Å²) < 4.78 is 33.6. The van der Waals surface area contributed by atoms with Gasteiger partial charge in [-0.15, -0.1) is 0 Å². The number of piperazine rings is 1. The van der Waals surface area contributed by atoms with Crippen molar-refractivity contribution in [1.82, 2.24) is 19.2 Å². The first-order valence-electron chi connectivity index (χ1n) is 13.1. The molecule has 2 fully saturated rings. The number of aromatic nitrogens is 2. The number of carbonyl (C=O) groups is 1. The Kier molecular flexibility index (Phi) is 7.41. The van der Waals surface area contributed by atoms with Gasteiger partial charge in [0, 0.05) is 61.6 Å². The second-order valence-electron chi connectivity index (χ2n) is 9.72. The van der Waals surface area contributed by atoms with Crippen LogP contribution >= 0.6 is 11.6 Å². The summed E-state index contributed by atoms with van der Waals surface area (Å²) in [4.78, 5) is 27.3. The van der Waals surface area contributed by atoms with Gasteiger partial charge in [-0.05, 0) is 54.6 Å². The molecule has 0 saturated carbocycles. The molecule has 0 N–H and O–H groups in total. The molecule has 2 saturated heterocycles. The minimum atomic E-state index is -3.75. The number of sulfonamides is 1. The molecule has 2 aromatic carbocycles. The molecule has 0 unspecified atom stereocenters. The number of morpholine rings is 1. The van der Waals surface area contributed by atoms with Crippen molar-refractivity contribution in [3.63, 3.8) is 0 Å². The lowest BCUT2D eigenvalue weighted by Gasteiger charge is -2.36. The zero-order chi connectivity index (χ0) is 27.7. The van der Waals surface area contributed by atoms with Gasteiger partial charge in [-0.2, -0.15) is 4.31 Å². The normalized spacial score (nSPS) is 16.8. The number of hydrogen-bond donors (Lipinski definition) is 0. The molecule has 206 valence electrons. The Labute approximate surface area is 238 Å². The van der Waals surface area contributed by atoms with Gasteiger partial charge in [0.05, 0.1) is 40.6 Å². The zero-order valence-corrected chi connectivity index (χ0v) is 23.3. The quantitative estimate of drug-likeness (QED) is 0.354. The molecule has 6 rings (SSSR count). The maximum atomic E-state index is 14.0. The Balaban J connectivity index is 1.36. The zero-order valence-electron chi connectivity index (χ0n) is 21.7. The van der Waals surface area contributed by atoms with E-state index in [0.717, 1.165) is 5.69 Å². The van der Waals surface area contributed by atoms with Crippen molar-refractivity contribution >= 4 is 44.1 Å². The van der Waals surface area contributed by atoms with Gasteiger partial charge in [-0.3, -0.25) is 9.78 Å². The number of ether oxygens (including phenoxy) is 1. The summed E-state index contributed by atoms with van der Waals surface area (Å²) in [5.74, 6) is -0.170. The van der Waals surface area contributed by atoms with E-state index >= 15 is 0 Å². The van der Waals surface area contributed by atoms with Crippen molar-refractivity contribution in [2.45, 2.75) is 4.90 Å². The number of amides is 1. The Morgan fingerprint density at radius 3 is 2.38 bits per heavy atom. The number of halogens is 1. The van der Waals surface area contributed by atoms with Crippen LogP contribution in [0, 0.1) is 0 Å². The molecule has 0 bridgehead atoms. The van der Waals surface area contributed by atoms with E-state index in [4.69, 9.17) is 21.3 Å². The number of benzene rings is 2. The molecule has 11 heteroatoms. The molecule has 4 aromatic rings. The average Bonchev–Trinajstić information content (AvgIpc) is 3.01. The van der Waals surface area contributed by atoms with E-state index < -0.39 is 10.0 Å². The summed E-state index contributed by atoms with van der Waals surface area (Å²) in [6.07, 6.45) is 1.68. The summed E-state index contributed by atoms with van der Waals surface area (Å²) in [5.41, 5.74) is 3.14. The summed E-state index contributed by atoms with van der Waals surface area (Å²) in [6, 6.07) is 19.7. The lowest BCUT2D eigenvalue weighted by atomic mass is 10.0. The van der Waals surface area contributed by atoms with Crippen molar-refractivity contribution in [3.8, 4) is 11.4 Å². The van der Waals surface area contributed by atoms with Gasteiger partial charge in [-0.1, -0.05) is 23.7 Å². The monoisotopic (exact) mass is 577 g/mol. The largest absolute Gasteiger partial charge is 0.379 e. The van der Waals surface area contributed by atoms with E-state index in [1.807, 2.05) is 42.5 Å². The van der Waals surface area contributed by atoms with Crippen LogP contribution in [-0.4, -0.2) is 86.0 Å². The molecule has 2 aromatic heterocycles. The summed E-state index contributed by atoms with van der Waals surface area (Å²) >= 11 is 6.18. The van der Waals surface area contributed by atoms with Crippen LogP contribution in [0.5, 0.6) is 0 Å². The molecule has 0 atom stereocenters. The van der Waals surface area contributed by atoms with Gasteiger partial charge < -0.3 is 14.5 Å². The Hall–Kier alpha value is -3.57. The van der Waals surface area contributed by atoms with E-state index in [9.17, 15) is 13.2 Å². The SMILES string of the molecule is O=C(c1cc(-c2ccccn2)nc2ccc(S(=O)(=O)N3CCOCC3)cc12)N1CCN(c2cccc(Cl)c2)CC1. The Morgan fingerprint density at radius 1 is 0.850 bits per heavy atom. The van der Waals surface area contributed by atoms with Crippen molar-refractivity contribution in [2.24, 2.45) is 0 Å². The number of rotatable bonds is 5. The van der Waals surface area contributed by atoms with Gasteiger partial charge in [0.15, 0.2) is 0 Å². The van der Waals surface area contributed by atoms with Crippen LogP contribution in [0.3, 0.4) is 0 Å². The van der Waals surface area contributed by atoms with Gasteiger partial charge in [0.25, 0.3) is 5.91 Å². The van der Waals surface area contributed by atoms with Crippen molar-refractivity contribution in [2.75, 3.05) is 57.4 Å². The van der Waals surface area contributed by atoms with Crippen molar-refractivity contribution < 1.29 is 17.9 Å². The van der Waals surface area contributed by atoms with Gasteiger partial charge in [0.2, 0.25) is 10.0 Å². The molecular formula is C29H28ClN5O4S. The number of nitrogens with zero attached hydrogens (tertiary/aromatic N) is 5. The number of anilines is 1. The summed E-state index contributed by atoms with van der Waals surface area (Å²) in [6.45, 7) is 3.62. The first-order chi connectivity index (χ1) is 19.4. The number of carbonyl (C=O) groups excluding carboxylic acids is 1. The fraction of sp³-hybridized carbons (Fsp3) is 0.276. The molecule has 1 amide bonds. The first-order valence-corrected chi connectivity index (χ1v) is 15.0. The highest BCUT2D eigenvalue weighted by Gasteiger charge is 2.29. The number of fused-ring (bicyclic) bond motifs is 1. The molecule has 2 aliphatic rings. The summed E-state index contributed by atoms with van der Waals surface area (Å²) in [5, 5.41) is 1.17. The lowest BCUT2D eigenvalue weighted by Crippen LogP contribution is -2.48. The fourth-order valence-electron chi connectivity index (χ4n) is 5.13. The van der Waals surface area contributed by atoms with E-state index in [2.05, 4.69) is 9.88 Å². The minimum Gasteiger partial charge on any atom is -0.379 e. The van der Waals surface area contributed by atoms with Crippen LogP contribution in [0.15, 0.2) is 77.8 Å². The van der Waals surface area contributed by atoms with Gasteiger partial charge in [0.1, 0.15) is 0 Å². The second kappa shape index (κ2) is 11.1. The minimum absolute atomic E-state index is 0.133. The van der Waals surface area contributed by atoms with Gasteiger partial charge >= 0.3 is 0 Å². The van der Waals surface area contributed by atoms with Crippen LogP contribution in [-0.2, 0) is 14.8 Å². The lowest BCUT2D eigenvalue weighted by molar-refractivity contribution is 0.0730. The van der Waals surface area contributed by atoms with Crippen molar-refractivity contribution in [1.29, 1.82) is 0 Å². The molecule has 40 heavy (non-hydrogen) atoms. The van der Waals surface area contributed by atoms with Crippen molar-refractivity contribution in [3.05, 3.63) is 83.5 Å². The van der Waals surface area contributed by atoms with E-state index in [0.29, 0.717) is 85.4 Å². The average molecular weight is 578 g/mol. The molecule has 4 heterocycles. The Bertz CT molecular complexity index is 1650. The molecule has 2 aliphatic heterocycles. The smallest absolute Gasteiger partial charge is 0.254 e. The predicted octanol–water partition coefficient (Wildman–Crippen LogP) is 3.93. The third kappa shape index (κ3) is 5.27. The fourth-order valence-corrected chi connectivity index (χ4v) is 6.75. The third-order valence-corrected chi connectivity index (χ3v) is 9.42. The molecule has 0 aliphatic carbocycles. The highest BCUT2D eigenvalue weighted by atomic mass is 35.5. The molecule has 0 spiro atoms. The third-order valence-electron chi connectivity index (χ3n) is 7.29. The topological polar surface area (TPSA) is 95.9 Å². The first kappa shape index (κ1) is 26.6. The highest BCUT2D eigenvalue weighted by Crippen LogP contribution is 2.29. The number of hydrogen-bond acceptors (Lipinski definition) is 7. The van der Waals surface area contributed by atoms with E-state index in [-0.39, 0.29) is 10.8 Å². The maximum Gasteiger partial charge on any atom is 0.254 e. The molecular weight excluding hydrogens is 550 g/mol. The van der Waals surface area contributed by atoms with E-state index in [1.165, 1.54) is 4.31 Å². The molecule has 0 radical (unpaired) electrons. The van der Waals surface area contributed by atoms with E-state index in [1.54, 1.807) is 35.4 Å². The highest BCUT2D eigenvalue weighted by molar-refractivity contribution is 7.89. The van der Waals surface area contributed by atoms with Crippen LogP contribution in [0.2, 0.25) is 5.02 Å².